The Hall–Kier alpha value is -2.23. The summed E-state index contributed by atoms with van der Waals surface area (Å²) >= 11 is 1.77. The maximum Gasteiger partial charge on any atom is 0.0370 e. The summed E-state index contributed by atoms with van der Waals surface area (Å²) in [5, 5.41) is 3.42. The van der Waals surface area contributed by atoms with Crippen molar-refractivity contribution in [3.05, 3.63) is 94.0 Å². The van der Waals surface area contributed by atoms with Crippen LogP contribution in [0.25, 0.3) is 0 Å². The first kappa shape index (κ1) is 35.0. The Bertz CT molecular complexity index is 1150. The van der Waals surface area contributed by atoms with Gasteiger partial charge in [0.05, 0.1) is 0 Å². The van der Waals surface area contributed by atoms with Crippen molar-refractivity contribution in [3.63, 3.8) is 0 Å². The summed E-state index contributed by atoms with van der Waals surface area (Å²) in [5.74, 6) is 1.91. The molecule has 3 aromatic rings. The van der Waals surface area contributed by atoms with Crippen LogP contribution in [-0.4, -0.2) is 7.05 Å². The fourth-order valence-corrected chi connectivity index (χ4v) is 6.00. The lowest BCUT2D eigenvalue weighted by molar-refractivity contribution is 0.640. The van der Waals surface area contributed by atoms with Gasteiger partial charge in [0, 0.05) is 30.1 Å². The van der Waals surface area contributed by atoms with Crippen molar-refractivity contribution < 1.29 is 0 Å². The predicted molar refractivity (Wildman–Crippen MR) is 185 cm³/mol. The second-order valence-corrected chi connectivity index (χ2v) is 13.4. The Labute approximate surface area is 257 Å². The maximum atomic E-state index is 3.66. The molecular formula is C38H58N2S. The van der Waals surface area contributed by atoms with E-state index in [4.69, 9.17) is 0 Å². The van der Waals surface area contributed by atoms with Gasteiger partial charge in [-0.05, 0) is 102 Å². The van der Waals surface area contributed by atoms with Gasteiger partial charge in [0.1, 0.15) is 0 Å². The van der Waals surface area contributed by atoms with Crippen LogP contribution in [0.3, 0.4) is 0 Å². The average Bonchev–Trinajstić information content (AvgIpc) is 2.93. The summed E-state index contributed by atoms with van der Waals surface area (Å²) in [7, 11) is 2.04. The fraction of sp³-hybridized carbons (Fsp3) is 0.526. The number of nitrogens with one attached hydrogen (secondary N) is 2. The average molecular weight is 575 g/mol. The Morgan fingerprint density at radius 1 is 0.756 bits per heavy atom. The number of anilines is 1. The molecule has 0 amide bonds. The van der Waals surface area contributed by atoms with E-state index in [1.807, 2.05) is 7.05 Å². The molecular weight excluding hydrogens is 516 g/mol. The molecule has 3 rings (SSSR count). The third-order valence-electron chi connectivity index (χ3n) is 7.33. The summed E-state index contributed by atoms with van der Waals surface area (Å²) in [6, 6.07) is 23.0. The molecule has 2 nitrogen and oxygen atoms in total. The zero-order valence-electron chi connectivity index (χ0n) is 27.6. The van der Waals surface area contributed by atoms with Crippen LogP contribution < -0.4 is 10.0 Å². The summed E-state index contributed by atoms with van der Waals surface area (Å²) in [6.45, 7) is 18.8. The topological polar surface area (TPSA) is 24.1 Å². The summed E-state index contributed by atoms with van der Waals surface area (Å²) < 4.78 is 3.66. The molecule has 0 radical (unpaired) electrons. The number of rotatable bonds is 15. The molecule has 0 spiro atoms. The molecule has 226 valence electrons. The Morgan fingerprint density at radius 3 is 2.05 bits per heavy atom. The van der Waals surface area contributed by atoms with Gasteiger partial charge < -0.3 is 5.32 Å². The minimum absolute atomic E-state index is 0.416. The van der Waals surface area contributed by atoms with Gasteiger partial charge in [0.2, 0.25) is 0 Å². The van der Waals surface area contributed by atoms with E-state index in [9.17, 15) is 0 Å². The van der Waals surface area contributed by atoms with E-state index >= 15 is 0 Å². The van der Waals surface area contributed by atoms with Crippen molar-refractivity contribution in [1.82, 2.24) is 4.72 Å². The lowest BCUT2D eigenvalue weighted by atomic mass is 9.86. The van der Waals surface area contributed by atoms with Crippen molar-refractivity contribution in [2.45, 2.75) is 118 Å². The number of unbranched alkanes of at least 4 members (excludes halogenated alkanes) is 3. The largest absolute Gasteiger partial charge is 0.388 e. The molecule has 41 heavy (non-hydrogen) atoms. The van der Waals surface area contributed by atoms with E-state index in [1.54, 1.807) is 11.9 Å². The molecule has 0 saturated heterocycles. The van der Waals surface area contributed by atoms with Gasteiger partial charge in [-0.15, -0.1) is 0 Å². The first-order valence-electron chi connectivity index (χ1n) is 16.1. The van der Waals surface area contributed by atoms with Crippen LogP contribution in [0.4, 0.5) is 5.69 Å². The standard InChI is InChI=1S/C34H48N2S.C4H10/c1-7-9-10-11-14-29-22-28(19-20-33(29)35-6)32(8-2)27-18-17-26(5)31(23-27)24-36-37-34-16-13-12-15-30(34)21-25(3)4;1-4(2)3/h12-13,15-20,22-23,25,32,35-36H,7-11,14,21,24H2,1-6H3;4H,1-3H3. The monoisotopic (exact) mass is 574 g/mol. The Balaban J connectivity index is 0.00000138. The van der Waals surface area contributed by atoms with Gasteiger partial charge in [-0.3, -0.25) is 4.72 Å². The first-order valence-corrected chi connectivity index (χ1v) is 16.9. The molecule has 0 saturated carbocycles. The van der Waals surface area contributed by atoms with E-state index in [1.165, 1.54) is 69.6 Å². The molecule has 0 aliphatic carbocycles. The second kappa shape index (κ2) is 19.1. The predicted octanol–water partition coefficient (Wildman–Crippen LogP) is 11.4. The van der Waals surface area contributed by atoms with Crippen LogP contribution in [0.5, 0.6) is 0 Å². The van der Waals surface area contributed by atoms with Crippen LogP contribution in [0.2, 0.25) is 0 Å². The van der Waals surface area contributed by atoms with Gasteiger partial charge in [-0.25, -0.2) is 0 Å². The van der Waals surface area contributed by atoms with Crippen LogP contribution in [0.1, 0.15) is 120 Å². The van der Waals surface area contributed by atoms with Gasteiger partial charge in [-0.2, -0.15) is 0 Å². The number of aryl methyl sites for hydroxylation is 2. The van der Waals surface area contributed by atoms with Crippen molar-refractivity contribution >= 4 is 17.6 Å². The second-order valence-electron chi connectivity index (χ2n) is 12.5. The van der Waals surface area contributed by atoms with E-state index in [2.05, 4.69) is 126 Å². The maximum absolute atomic E-state index is 3.66. The van der Waals surface area contributed by atoms with Crippen molar-refractivity contribution in [2.75, 3.05) is 12.4 Å². The zero-order valence-corrected chi connectivity index (χ0v) is 28.4. The van der Waals surface area contributed by atoms with Crippen molar-refractivity contribution in [3.8, 4) is 0 Å². The summed E-state index contributed by atoms with van der Waals surface area (Å²) in [5.41, 5.74) is 9.76. The number of hydrogen-bond acceptors (Lipinski definition) is 3. The van der Waals surface area contributed by atoms with Crippen LogP contribution >= 0.6 is 11.9 Å². The Morgan fingerprint density at radius 2 is 1.41 bits per heavy atom. The lowest BCUT2D eigenvalue weighted by Gasteiger charge is -2.21. The van der Waals surface area contributed by atoms with E-state index in [0.29, 0.717) is 11.8 Å². The molecule has 0 aliphatic heterocycles. The van der Waals surface area contributed by atoms with E-state index in [-0.39, 0.29) is 0 Å². The normalized spacial score (nSPS) is 11.9. The van der Waals surface area contributed by atoms with Gasteiger partial charge in [0.25, 0.3) is 0 Å². The minimum Gasteiger partial charge on any atom is -0.388 e. The van der Waals surface area contributed by atoms with Gasteiger partial charge in [-0.1, -0.05) is 116 Å². The van der Waals surface area contributed by atoms with Crippen molar-refractivity contribution in [1.29, 1.82) is 0 Å². The quantitative estimate of drug-likeness (QED) is 0.139. The molecule has 3 aromatic carbocycles. The van der Waals surface area contributed by atoms with Gasteiger partial charge in [0.15, 0.2) is 0 Å². The van der Waals surface area contributed by atoms with Crippen molar-refractivity contribution in [2.24, 2.45) is 11.8 Å². The SMILES string of the molecule is CC(C)C.CCCCCCc1cc(C(CC)c2ccc(C)c(CNSc3ccccc3CC(C)C)c2)ccc1NC. The van der Waals surface area contributed by atoms with Crippen LogP contribution in [-0.2, 0) is 19.4 Å². The van der Waals surface area contributed by atoms with E-state index < -0.39 is 0 Å². The highest BCUT2D eigenvalue weighted by molar-refractivity contribution is 7.97. The summed E-state index contributed by atoms with van der Waals surface area (Å²) in [4.78, 5) is 1.34. The third-order valence-corrected chi connectivity index (χ3v) is 8.24. The molecule has 0 heterocycles. The first-order chi connectivity index (χ1) is 19.7. The van der Waals surface area contributed by atoms with Crippen LogP contribution in [0, 0.1) is 18.8 Å². The third kappa shape index (κ3) is 12.3. The van der Waals surface area contributed by atoms with E-state index in [0.717, 1.165) is 31.7 Å². The highest BCUT2D eigenvalue weighted by Gasteiger charge is 2.16. The lowest BCUT2D eigenvalue weighted by Crippen LogP contribution is -2.08. The zero-order chi connectivity index (χ0) is 30.2. The molecule has 0 fully saturated rings. The smallest absolute Gasteiger partial charge is 0.0370 e. The molecule has 0 bridgehead atoms. The molecule has 0 aliphatic rings. The molecule has 0 aromatic heterocycles. The molecule has 2 N–H and O–H groups in total. The molecule has 1 atom stereocenters. The van der Waals surface area contributed by atoms with Crippen LogP contribution in [0.15, 0.2) is 65.6 Å². The minimum atomic E-state index is 0.416. The molecule has 3 heteroatoms. The Kier molecular flexibility index (Phi) is 16.3. The number of benzene rings is 3. The number of hydrogen-bond donors (Lipinski definition) is 2. The summed E-state index contributed by atoms with van der Waals surface area (Å²) in [6.07, 6.45) is 8.56. The van der Waals surface area contributed by atoms with Gasteiger partial charge >= 0.3 is 0 Å². The molecule has 1 unspecified atom stereocenters. The highest BCUT2D eigenvalue weighted by Crippen LogP contribution is 2.33. The highest BCUT2D eigenvalue weighted by atomic mass is 32.2. The fourth-order valence-electron chi connectivity index (χ4n) is 5.19.